The van der Waals surface area contributed by atoms with Gasteiger partial charge in [-0.1, -0.05) is 35.5 Å². The molecule has 0 saturated carbocycles. The monoisotopic (exact) mass is 298 g/mol. The standard InChI is InChI=1S/C16H14N2O2S/c1-10-6-7-14(19)11(8-10)15(20)9-21-16-17-12-4-2-3-5-13(12)18-16/h2-8,19H,9H2,1H3,(H,17,18). The number of aromatic hydroxyl groups is 1. The minimum Gasteiger partial charge on any atom is -0.507 e. The number of rotatable bonds is 4. The SMILES string of the molecule is Cc1ccc(O)c(C(=O)CSc2nc3ccccc3[nH]2)c1. The highest BCUT2D eigenvalue weighted by atomic mass is 32.2. The number of imidazole rings is 1. The summed E-state index contributed by atoms with van der Waals surface area (Å²) in [6.07, 6.45) is 0. The highest BCUT2D eigenvalue weighted by Gasteiger charge is 2.13. The molecule has 0 fully saturated rings. The van der Waals surface area contributed by atoms with Gasteiger partial charge in [-0.25, -0.2) is 4.98 Å². The number of carbonyl (C=O) groups is 1. The lowest BCUT2D eigenvalue weighted by atomic mass is 10.1. The van der Waals surface area contributed by atoms with Crippen LogP contribution in [0.2, 0.25) is 0 Å². The van der Waals surface area contributed by atoms with Gasteiger partial charge in [0, 0.05) is 0 Å². The van der Waals surface area contributed by atoms with E-state index in [1.54, 1.807) is 18.2 Å². The molecule has 2 aromatic carbocycles. The van der Waals surface area contributed by atoms with Crippen LogP contribution in [0.1, 0.15) is 15.9 Å². The Kier molecular flexibility index (Phi) is 3.66. The summed E-state index contributed by atoms with van der Waals surface area (Å²) in [5.74, 6) is 0.147. The van der Waals surface area contributed by atoms with Crippen LogP contribution in [0, 0.1) is 6.92 Å². The van der Waals surface area contributed by atoms with E-state index in [4.69, 9.17) is 0 Å². The number of phenols is 1. The second-order valence-electron chi connectivity index (χ2n) is 4.79. The number of H-pyrrole nitrogens is 1. The van der Waals surface area contributed by atoms with Crippen LogP contribution in [0.5, 0.6) is 5.75 Å². The number of aryl methyl sites for hydroxylation is 1. The number of aromatic amines is 1. The molecule has 21 heavy (non-hydrogen) atoms. The van der Waals surface area contributed by atoms with Crippen molar-refractivity contribution in [2.45, 2.75) is 12.1 Å². The molecule has 3 rings (SSSR count). The zero-order valence-electron chi connectivity index (χ0n) is 11.5. The minimum absolute atomic E-state index is 0.0239. The number of hydrogen-bond donors (Lipinski definition) is 2. The number of Topliss-reactive ketones (excluding diaryl/α,β-unsaturated/α-hetero) is 1. The number of fused-ring (bicyclic) bond motifs is 1. The lowest BCUT2D eigenvalue weighted by Crippen LogP contribution is -2.03. The van der Waals surface area contributed by atoms with Crippen LogP contribution >= 0.6 is 11.8 Å². The Bertz CT molecular complexity index is 778. The van der Waals surface area contributed by atoms with Crippen molar-refractivity contribution in [1.82, 2.24) is 9.97 Å². The van der Waals surface area contributed by atoms with Gasteiger partial charge < -0.3 is 10.1 Å². The molecule has 5 heteroatoms. The Hall–Kier alpha value is -2.27. The number of ketones is 1. The van der Waals surface area contributed by atoms with Gasteiger partial charge in [0.2, 0.25) is 0 Å². The van der Waals surface area contributed by atoms with Gasteiger partial charge in [0.05, 0.1) is 22.3 Å². The zero-order chi connectivity index (χ0) is 14.8. The number of benzene rings is 2. The summed E-state index contributed by atoms with van der Waals surface area (Å²) >= 11 is 1.34. The number of nitrogens with zero attached hydrogens (tertiary/aromatic N) is 1. The average Bonchev–Trinajstić information content (AvgIpc) is 2.90. The molecule has 0 aliphatic carbocycles. The summed E-state index contributed by atoms with van der Waals surface area (Å²) < 4.78 is 0. The molecule has 0 aliphatic rings. The molecule has 2 N–H and O–H groups in total. The van der Waals surface area contributed by atoms with Gasteiger partial charge in [-0.05, 0) is 31.2 Å². The van der Waals surface area contributed by atoms with Crippen LogP contribution in [-0.2, 0) is 0 Å². The predicted octanol–water partition coefficient (Wildman–Crippen LogP) is 3.55. The fourth-order valence-corrected chi connectivity index (χ4v) is 2.85. The molecule has 1 aromatic heterocycles. The molecule has 0 atom stereocenters. The molecule has 4 nitrogen and oxygen atoms in total. The second-order valence-corrected chi connectivity index (χ2v) is 5.76. The number of nitrogens with one attached hydrogen (secondary N) is 1. The summed E-state index contributed by atoms with van der Waals surface area (Å²) in [7, 11) is 0. The molecular formula is C16H14N2O2S. The van der Waals surface area contributed by atoms with Crippen molar-refractivity contribution >= 4 is 28.6 Å². The van der Waals surface area contributed by atoms with Gasteiger partial charge in [0.1, 0.15) is 5.75 Å². The van der Waals surface area contributed by atoms with E-state index in [1.165, 1.54) is 11.8 Å². The molecular weight excluding hydrogens is 284 g/mol. The summed E-state index contributed by atoms with van der Waals surface area (Å²) in [6.45, 7) is 1.89. The van der Waals surface area contributed by atoms with Crippen molar-refractivity contribution in [1.29, 1.82) is 0 Å². The molecule has 0 bridgehead atoms. The lowest BCUT2D eigenvalue weighted by Gasteiger charge is -2.04. The first kappa shape index (κ1) is 13.7. The highest BCUT2D eigenvalue weighted by Crippen LogP contribution is 2.23. The zero-order valence-corrected chi connectivity index (χ0v) is 12.3. The second kappa shape index (κ2) is 5.61. The summed E-state index contributed by atoms with van der Waals surface area (Å²) in [5.41, 5.74) is 3.14. The number of aromatic nitrogens is 2. The first-order valence-corrected chi connectivity index (χ1v) is 7.52. The van der Waals surface area contributed by atoms with Crippen LogP contribution in [-0.4, -0.2) is 26.6 Å². The van der Waals surface area contributed by atoms with Crippen LogP contribution in [0.25, 0.3) is 11.0 Å². The maximum Gasteiger partial charge on any atom is 0.176 e. The Labute approximate surface area is 126 Å². The van der Waals surface area contributed by atoms with Gasteiger partial charge in [-0.2, -0.15) is 0 Å². The number of para-hydroxylation sites is 2. The maximum atomic E-state index is 12.2. The van der Waals surface area contributed by atoms with Crippen LogP contribution in [0.15, 0.2) is 47.6 Å². The van der Waals surface area contributed by atoms with E-state index < -0.39 is 0 Å². The topological polar surface area (TPSA) is 66.0 Å². The Morgan fingerprint density at radius 2 is 2.10 bits per heavy atom. The summed E-state index contributed by atoms with van der Waals surface area (Å²) in [4.78, 5) is 19.8. The Balaban J connectivity index is 1.74. The summed E-state index contributed by atoms with van der Waals surface area (Å²) in [5, 5.41) is 10.5. The predicted molar refractivity (Wildman–Crippen MR) is 84.0 cm³/mol. The van der Waals surface area contributed by atoms with Crippen LogP contribution in [0.4, 0.5) is 0 Å². The van der Waals surface area contributed by atoms with Crippen molar-refractivity contribution < 1.29 is 9.90 Å². The van der Waals surface area contributed by atoms with Gasteiger partial charge in [0.25, 0.3) is 0 Å². The van der Waals surface area contributed by atoms with E-state index >= 15 is 0 Å². The van der Waals surface area contributed by atoms with E-state index in [9.17, 15) is 9.90 Å². The Morgan fingerprint density at radius 1 is 1.29 bits per heavy atom. The molecule has 106 valence electrons. The normalized spacial score (nSPS) is 10.9. The number of carbonyl (C=O) groups excluding carboxylic acids is 1. The van der Waals surface area contributed by atoms with Crippen molar-refractivity contribution in [2.75, 3.05) is 5.75 Å². The van der Waals surface area contributed by atoms with Gasteiger partial charge in [-0.15, -0.1) is 0 Å². The third-order valence-electron chi connectivity index (χ3n) is 3.16. The van der Waals surface area contributed by atoms with Crippen LogP contribution < -0.4 is 0 Å². The Morgan fingerprint density at radius 3 is 2.90 bits per heavy atom. The van der Waals surface area contributed by atoms with Crippen molar-refractivity contribution in [3.05, 3.63) is 53.6 Å². The highest BCUT2D eigenvalue weighted by molar-refractivity contribution is 7.99. The minimum atomic E-state index is -0.110. The maximum absolute atomic E-state index is 12.2. The largest absolute Gasteiger partial charge is 0.507 e. The first-order valence-electron chi connectivity index (χ1n) is 6.54. The molecule has 0 aliphatic heterocycles. The molecule has 3 aromatic rings. The molecule has 0 unspecified atom stereocenters. The van der Waals surface area contributed by atoms with E-state index in [0.717, 1.165) is 16.6 Å². The van der Waals surface area contributed by atoms with Crippen molar-refractivity contribution in [3.8, 4) is 5.75 Å². The fraction of sp³-hybridized carbons (Fsp3) is 0.125. The quantitative estimate of drug-likeness (QED) is 0.571. The van der Waals surface area contributed by atoms with E-state index in [0.29, 0.717) is 10.7 Å². The van der Waals surface area contributed by atoms with Gasteiger partial charge in [0.15, 0.2) is 10.9 Å². The van der Waals surface area contributed by atoms with E-state index in [2.05, 4.69) is 9.97 Å². The smallest absolute Gasteiger partial charge is 0.176 e. The van der Waals surface area contributed by atoms with Crippen LogP contribution in [0.3, 0.4) is 0 Å². The average molecular weight is 298 g/mol. The third kappa shape index (κ3) is 2.92. The van der Waals surface area contributed by atoms with Gasteiger partial charge >= 0.3 is 0 Å². The fourth-order valence-electron chi connectivity index (χ4n) is 2.08. The van der Waals surface area contributed by atoms with Crippen molar-refractivity contribution in [3.63, 3.8) is 0 Å². The van der Waals surface area contributed by atoms with E-state index in [-0.39, 0.29) is 17.3 Å². The molecule has 0 saturated heterocycles. The number of thioether (sulfide) groups is 1. The van der Waals surface area contributed by atoms with Crippen molar-refractivity contribution in [2.24, 2.45) is 0 Å². The molecule has 0 spiro atoms. The number of phenolic OH excluding ortho intramolecular Hbond substituents is 1. The van der Waals surface area contributed by atoms with E-state index in [1.807, 2.05) is 31.2 Å². The first-order chi connectivity index (χ1) is 10.1. The molecule has 1 heterocycles. The third-order valence-corrected chi connectivity index (χ3v) is 4.03. The molecule has 0 radical (unpaired) electrons. The molecule has 0 amide bonds. The lowest BCUT2D eigenvalue weighted by molar-refractivity contribution is 0.102. The van der Waals surface area contributed by atoms with Gasteiger partial charge in [-0.3, -0.25) is 4.79 Å². The number of hydrogen-bond acceptors (Lipinski definition) is 4. The summed E-state index contributed by atoms with van der Waals surface area (Å²) in [6, 6.07) is 12.8.